The van der Waals surface area contributed by atoms with Gasteiger partial charge < -0.3 is 10.4 Å². The molecule has 0 radical (unpaired) electrons. The molecule has 0 bridgehead atoms. The fourth-order valence-electron chi connectivity index (χ4n) is 2.36. The molecule has 0 unspecified atom stereocenters. The van der Waals surface area contributed by atoms with Crippen LogP contribution in [0.2, 0.25) is 0 Å². The van der Waals surface area contributed by atoms with Crippen molar-refractivity contribution in [2.45, 2.75) is 46.0 Å². The molecule has 0 saturated heterocycles. The van der Waals surface area contributed by atoms with E-state index in [1.54, 1.807) is 6.08 Å². The number of hydrogen-bond donors (Lipinski definition) is 2. The number of carboxylic acid groups (broad SMARTS) is 1. The van der Waals surface area contributed by atoms with Crippen LogP contribution in [0.4, 0.5) is 0 Å². The van der Waals surface area contributed by atoms with E-state index in [1.807, 2.05) is 6.92 Å². The van der Waals surface area contributed by atoms with Crippen molar-refractivity contribution in [1.29, 1.82) is 0 Å². The Bertz CT molecular complexity index is 265. The van der Waals surface area contributed by atoms with Crippen LogP contribution in [-0.2, 0) is 4.79 Å². The van der Waals surface area contributed by atoms with Crippen molar-refractivity contribution >= 4 is 5.97 Å². The molecule has 0 spiro atoms. The van der Waals surface area contributed by atoms with Gasteiger partial charge in [-0.3, -0.25) is 0 Å². The van der Waals surface area contributed by atoms with Gasteiger partial charge in [-0.05, 0) is 24.7 Å². The molecular weight excluding hydrogens is 202 g/mol. The summed E-state index contributed by atoms with van der Waals surface area (Å²) in [7, 11) is 0. The minimum atomic E-state index is -0.795. The highest BCUT2D eigenvalue weighted by molar-refractivity contribution is 5.86. The first-order valence-corrected chi connectivity index (χ1v) is 6.20. The Balaban J connectivity index is 2.27. The van der Waals surface area contributed by atoms with Crippen LogP contribution >= 0.6 is 0 Å². The number of nitrogens with one attached hydrogen (secondary N) is 1. The number of carbonyl (C=O) groups is 1. The van der Waals surface area contributed by atoms with Crippen LogP contribution in [0.1, 0.15) is 46.0 Å². The standard InChI is InChI=1S/C13H23NO2/c1-3-11(12(15)16)6-9-14-10-13(2)7-4-5-8-13/h6,14H,3-5,7-10H2,1-2H3,(H,15,16). The lowest BCUT2D eigenvalue weighted by atomic mass is 9.89. The van der Waals surface area contributed by atoms with Crippen LogP contribution in [0.5, 0.6) is 0 Å². The smallest absolute Gasteiger partial charge is 0.331 e. The Labute approximate surface area is 97.9 Å². The largest absolute Gasteiger partial charge is 0.478 e. The Morgan fingerprint density at radius 1 is 1.44 bits per heavy atom. The van der Waals surface area contributed by atoms with Crippen LogP contribution in [0.3, 0.4) is 0 Å². The first kappa shape index (κ1) is 13.2. The van der Waals surface area contributed by atoms with E-state index in [1.165, 1.54) is 25.7 Å². The Kier molecular flexibility index (Phi) is 5.00. The first-order chi connectivity index (χ1) is 7.57. The van der Waals surface area contributed by atoms with Gasteiger partial charge in [-0.1, -0.05) is 32.8 Å². The van der Waals surface area contributed by atoms with Crippen molar-refractivity contribution in [3.05, 3.63) is 11.6 Å². The van der Waals surface area contributed by atoms with Gasteiger partial charge in [-0.25, -0.2) is 4.79 Å². The first-order valence-electron chi connectivity index (χ1n) is 6.20. The molecule has 0 aromatic carbocycles. The van der Waals surface area contributed by atoms with E-state index in [2.05, 4.69) is 12.2 Å². The van der Waals surface area contributed by atoms with Crippen LogP contribution < -0.4 is 5.32 Å². The maximum Gasteiger partial charge on any atom is 0.331 e. The van der Waals surface area contributed by atoms with Gasteiger partial charge in [0.25, 0.3) is 0 Å². The van der Waals surface area contributed by atoms with Crippen molar-refractivity contribution in [2.24, 2.45) is 5.41 Å². The van der Waals surface area contributed by atoms with Crippen molar-refractivity contribution < 1.29 is 9.90 Å². The molecule has 1 fully saturated rings. The number of rotatable bonds is 6. The van der Waals surface area contributed by atoms with Gasteiger partial charge in [0.05, 0.1) is 0 Å². The van der Waals surface area contributed by atoms with Crippen LogP contribution in [-0.4, -0.2) is 24.2 Å². The molecule has 0 atom stereocenters. The number of hydrogen-bond acceptors (Lipinski definition) is 2. The predicted octanol–water partition coefficient (Wildman–Crippen LogP) is 2.58. The zero-order valence-electron chi connectivity index (χ0n) is 10.4. The molecule has 1 rings (SSSR count). The highest BCUT2D eigenvalue weighted by Gasteiger charge is 2.27. The highest BCUT2D eigenvalue weighted by Crippen LogP contribution is 2.36. The van der Waals surface area contributed by atoms with Crippen molar-refractivity contribution in [3.63, 3.8) is 0 Å². The van der Waals surface area contributed by atoms with Crippen molar-refractivity contribution in [3.8, 4) is 0 Å². The monoisotopic (exact) mass is 225 g/mol. The Morgan fingerprint density at radius 2 is 2.06 bits per heavy atom. The third kappa shape index (κ3) is 3.97. The quantitative estimate of drug-likeness (QED) is 0.539. The summed E-state index contributed by atoms with van der Waals surface area (Å²) in [5.41, 5.74) is 0.938. The van der Waals surface area contributed by atoms with E-state index in [-0.39, 0.29) is 0 Å². The van der Waals surface area contributed by atoms with Gasteiger partial charge >= 0.3 is 5.97 Å². The van der Waals surface area contributed by atoms with Crippen LogP contribution in [0.25, 0.3) is 0 Å². The molecule has 1 aliphatic rings. The average Bonchev–Trinajstić information content (AvgIpc) is 2.65. The molecule has 2 N–H and O–H groups in total. The molecule has 1 aliphatic carbocycles. The molecule has 3 heteroatoms. The van der Waals surface area contributed by atoms with Gasteiger partial charge in [0.1, 0.15) is 0 Å². The van der Waals surface area contributed by atoms with Gasteiger partial charge in [0, 0.05) is 18.7 Å². The van der Waals surface area contributed by atoms with Crippen molar-refractivity contribution in [1.82, 2.24) is 5.32 Å². The average molecular weight is 225 g/mol. The molecule has 3 nitrogen and oxygen atoms in total. The summed E-state index contributed by atoms with van der Waals surface area (Å²) < 4.78 is 0. The summed E-state index contributed by atoms with van der Waals surface area (Å²) in [4.78, 5) is 10.7. The Morgan fingerprint density at radius 3 is 2.56 bits per heavy atom. The van der Waals surface area contributed by atoms with E-state index in [4.69, 9.17) is 5.11 Å². The van der Waals surface area contributed by atoms with Crippen LogP contribution in [0, 0.1) is 5.41 Å². The second kappa shape index (κ2) is 6.04. The molecule has 1 saturated carbocycles. The van der Waals surface area contributed by atoms with Crippen molar-refractivity contribution in [2.75, 3.05) is 13.1 Å². The maximum absolute atomic E-state index is 10.7. The molecule has 0 aromatic rings. The third-order valence-electron chi connectivity index (χ3n) is 3.51. The predicted molar refractivity (Wildman–Crippen MR) is 65.5 cm³/mol. The minimum Gasteiger partial charge on any atom is -0.478 e. The molecule has 0 aromatic heterocycles. The molecular formula is C13H23NO2. The van der Waals surface area contributed by atoms with Gasteiger partial charge in [0.15, 0.2) is 0 Å². The van der Waals surface area contributed by atoms with E-state index in [9.17, 15) is 4.79 Å². The molecule has 0 amide bonds. The normalized spacial score (nSPS) is 20.0. The second-order valence-electron chi connectivity index (χ2n) is 5.04. The van der Waals surface area contributed by atoms with Crippen LogP contribution in [0.15, 0.2) is 11.6 Å². The lowest BCUT2D eigenvalue weighted by Crippen LogP contribution is -2.29. The fourth-order valence-corrected chi connectivity index (χ4v) is 2.36. The topological polar surface area (TPSA) is 49.3 Å². The maximum atomic E-state index is 10.7. The van der Waals surface area contributed by atoms with Gasteiger partial charge in [0.2, 0.25) is 0 Å². The van der Waals surface area contributed by atoms with Gasteiger partial charge in [-0.2, -0.15) is 0 Å². The molecule has 0 heterocycles. The van der Waals surface area contributed by atoms with Gasteiger partial charge in [-0.15, -0.1) is 0 Å². The number of carboxylic acids is 1. The lowest BCUT2D eigenvalue weighted by Gasteiger charge is -2.23. The SMILES string of the molecule is CCC(=CCNCC1(C)CCCC1)C(=O)O. The molecule has 92 valence electrons. The number of aliphatic carboxylic acids is 1. The summed E-state index contributed by atoms with van der Waals surface area (Å²) in [6.45, 7) is 5.86. The Hall–Kier alpha value is -0.830. The van der Waals surface area contributed by atoms with E-state index >= 15 is 0 Å². The van der Waals surface area contributed by atoms with E-state index in [0.717, 1.165) is 6.54 Å². The second-order valence-corrected chi connectivity index (χ2v) is 5.04. The lowest BCUT2D eigenvalue weighted by molar-refractivity contribution is -0.132. The summed E-state index contributed by atoms with van der Waals surface area (Å²) in [6, 6.07) is 0. The summed E-state index contributed by atoms with van der Waals surface area (Å²) >= 11 is 0. The summed E-state index contributed by atoms with van der Waals surface area (Å²) in [5, 5.41) is 12.2. The third-order valence-corrected chi connectivity index (χ3v) is 3.51. The molecule has 0 aliphatic heterocycles. The van der Waals surface area contributed by atoms with E-state index in [0.29, 0.717) is 24.0 Å². The summed E-state index contributed by atoms with van der Waals surface area (Å²) in [6.07, 6.45) is 7.65. The van der Waals surface area contributed by atoms with E-state index < -0.39 is 5.97 Å². The highest BCUT2D eigenvalue weighted by atomic mass is 16.4. The zero-order chi connectivity index (χ0) is 12.0. The summed E-state index contributed by atoms with van der Waals surface area (Å²) in [5.74, 6) is -0.795. The zero-order valence-corrected chi connectivity index (χ0v) is 10.4. The fraction of sp³-hybridized carbons (Fsp3) is 0.769. The minimum absolute atomic E-state index is 0.434. The molecule has 16 heavy (non-hydrogen) atoms.